The third-order valence-electron chi connectivity index (χ3n) is 4.67. The number of H-pyrrole nitrogens is 1. The number of nitrogens with zero attached hydrogens (tertiary/aromatic N) is 1. The molecule has 0 radical (unpaired) electrons. The number of likely N-dealkylation sites (N-methyl/N-ethyl adjacent to an activating group) is 1. The number of carbonyl (C=O) groups is 1. The molecule has 0 bridgehead atoms. The lowest BCUT2D eigenvalue weighted by Crippen LogP contribution is -2.48. The maximum absolute atomic E-state index is 12.5. The van der Waals surface area contributed by atoms with Gasteiger partial charge in [0.15, 0.2) is 0 Å². The van der Waals surface area contributed by atoms with Crippen molar-refractivity contribution in [2.75, 3.05) is 20.6 Å². The van der Waals surface area contributed by atoms with Crippen LogP contribution in [0.2, 0.25) is 0 Å². The molecule has 3 rings (SSSR count). The Labute approximate surface area is 136 Å². The van der Waals surface area contributed by atoms with Crippen LogP contribution in [0.5, 0.6) is 0 Å². The summed E-state index contributed by atoms with van der Waals surface area (Å²) in [5, 5.41) is 6.44. The van der Waals surface area contributed by atoms with Crippen LogP contribution in [0, 0.1) is 0 Å². The van der Waals surface area contributed by atoms with E-state index in [2.05, 4.69) is 47.2 Å². The largest absolute Gasteiger partial charge is 0.351 e. The summed E-state index contributed by atoms with van der Waals surface area (Å²) in [6.07, 6.45) is 0. The fraction of sp³-hybridized carbons (Fsp3) is 0.316. The van der Waals surface area contributed by atoms with Crippen molar-refractivity contribution in [3.05, 3.63) is 48.2 Å². The summed E-state index contributed by atoms with van der Waals surface area (Å²) >= 11 is 0. The number of hydrogen-bond donors (Lipinski definition) is 2. The minimum atomic E-state index is -0.0889. The maximum atomic E-state index is 12.5. The first-order valence-electron chi connectivity index (χ1n) is 7.84. The Kier molecular flexibility index (Phi) is 3.86. The molecule has 0 atom stereocenters. The van der Waals surface area contributed by atoms with Gasteiger partial charge in [0.25, 0.3) is 5.91 Å². The quantitative estimate of drug-likeness (QED) is 0.776. The van der Waals surface area contributed by atoms with E-state index in [-0.39, 0.29) is 11.4 Å². The first kappa shape index (κ1) is 15.6. The van der Waals surface area contributed by atoms with Gasteiger partial charge in [0.1, 0.15) is 5.69 Å². The molecule has 4 heteroatoms. The molecule has 0 spiro atoms. The predicted molar refractivity (Wildman–Crippen MR) is 95.9 cm³/mol. The topological polar surface area (TPSA) is 48.1 Å². The highest BCUT2D eigenvalue weighted by Gasteiger charge is 2.22. The first-order chi connectivity index (χ1) is 10.9. The smallest absolute Gasteiger partial charge is 0.267 e. The van der Waals surface area contributed by atoms with Gasteiger partial charge in [-0.1, -0.05) is 30.3 Å². The fourth-order valence-corrected chi connectivity index (χ4v) is 2.56. The van der Waals surface area contributed by atoms with E-state index in [1.165, 1.54) is 5.39 Å². The second-order valence-corrected chi connectivity index (χ2v) is 6.82. The molecule has 3 aromatic rings. The minimum absolute atomic E-state index is 0.0693. The summed E-state index contributed by atoms with van der Waals surface area (Å²) in [5.74, 6) is -0.0693. The Morgan fingerprint density at radius 2 is 1.87 bits per heavy atom. The van der Waals surface area contributed by atoms with Crippen LogP contribution >= 0.6 is 0 Å². The minimum Gasteiger partial charge on any atom is -0.351 e. The number of carbonyl (C=O) groups excluding carboxylic acids is 1. The van der Waals surface area contributed by atoms with Crippen LogP contribution in [0.15, 0.2) is 42.5 Å². The summed E-state index contributed by atoms with van der Waals surface area (Å²) in [5.41, 5.74) is 1.50. The van der Waals surface area contributed by atoms with Gasteiger partial charge in [0, 0.05) is 23.0 Å². The molecule has 1 aromatic heterocycles. The number of fused-ring (bicyclic) bond motifs is 3. The Balaban J connectivity index is 1.89. The van der Waals surface area contributed by atoms with Gasteiger partial charge in [-0.15, -0.1) is 0 Å². The van der Waals surface area contributed by atoms with Crippen molar-refractivity contribution in [2.45, 2.75) is 19.4 Å². The van der Waals surface area contributed by atoms with E-state index in [4.69, 9.17) is 0 Å². The van der Waals surface area contributed by atoms with Crippen molar-refractivity contribution < 1.29 is 4.79 Å². The lowest BCUT2D eigenvalue weighted by molar-refractivity contribution is 0.0915. The Bertz CT molecular complexity index is 861. The van der Waals surface area contributed by atoms with Crippen LogP contribution in [0.1, 0.15) is 24.3 Å². The predicted octanol–water partition coefficient (Wildman–Crippen LogP) is 3.39. The zero-order chi connectivity index (χ0) is 16.6. The van der Waals surface area contributed by atoms with Gasteiger partial charge < -0.3 is 15.2 Å². The molecule has 1 amide bonds. The van der Waals surface area contributed by atoms with Crippen LogP contribution in [-0.2, 0) is 0 Å². The highest BCUT2D eigenvalue weighted by molar-refractivity contribution is 6.09. The molecule has 0 aliphatic rings. The third-order valence-corrected chi connectivity index (χ3v) is 4.67. The molecule has 23 heavy (non-hydrogen) atoms. The molecule has 4 nitrogen and oxygen atoms in total. The van der Waals surface area contributed by atoms with E-state index < -0.39 is 0 Å². The average Bonchev–Trinajstić information content (AvgIpc) is 2.97. The van der Waals surface area contributed by atoms with E-state index in [1.54, 1.807) is 0 Å². The number of aromatic amines is 1. The van der Waals surface area contributed by atoms with Crippen molar-refractivity contribution >= 4 is 27.6 Å². The summed E-state index contributed by atoms with van der Waals surface area (Å²) in [6.45, 7) is 4.80. The zero-order valence-electron chi connectivity index (χ0n) is 14.1. The van der Waals surface area contributed by atoms with Gasteiger partial charge in [-0.05, 0) is 50.8 Å². The molecule has 120 valence electrons. The zero-order valence-corrected chi connectivity index (χ0v) is 14.1. The number of aromatic nitrogens is 1. The van der Waals surface area contributed by atoms with Crippen molar-refractivity contribution in [3.8, 4) is 0 Å². The number of benzene rings is 2. The van der Waals surface area contributed by atoms with E-state index in [0.29, 0.717) is 12.2 Å². The lowest BCUT2D eigenvalue weighted by Gasteiger charge is -2.32. The summed E-state index contributed by atoms with van der Waals surface area (Å²) in [4.78, 5) is 17.8. The molecule has 1 heterocycles. The average molecular weight is 309 g/mol. The molecule has 0 saturated heterocycles. The van der Waals surface area contributed by atoms with Gasteiger partial charge >= 0.3 is 0 Å². The molecule has 2 aromatic carbocycles. The van der Waals surface area contributed by atoms with E-state index in [9.17, 15) is 4.79 Å². The first-order valence-corrected chi connectivity index (χ1v) is 7.84. The molecule has 0 aliphatic heterocycles. The second-order valence-electron chi connectivity index (χ2n) is 6.82. The van der Waals surface area contributed by atoms with Gasteiger partial charge in [-0.25, -0.2) is 0 Å². The summed E-state index contributed by atoms with van der Waals surface area (Å²) in [6, 6.07) is 14.3. The van der Waals surface area contributed by atoms with E-state index in [0.717, 1.165) is 16.3 Å². The van der Waals surface area contributed by atoms with Gasteiger partial charge in [0.05, 0.1) is 0 Å². The second kappa shape index (κ2) is 5.70. The van der Waals surface area contributed by atoms with Crippen LogP contribution < -0.4 is 5.32 Å². The van der Waals surface area contributed by atoms with Crippen LogP contribution in [-0.4, -0.2) is 42.0 Å². The number of nitrogens with one attached hydrogen (secondary N) is 2. The molecular formula is C19H23N3O. The standard InChI is InChI=1S/C19H23N3O/c1-19(2,22(3)4)12-20-18(23)17-11-15-14-8-6-5-7-13(14)9-10-16(15)21-17/h5-11,21H,12H2,1-4H3,(H,20,23). The van der Waals surface area contributed by atoms with Crippen molar-refractivity contribution in [1.29, 1.82) is 0 Å². The number of hydrogen-bond acceptors (Lipinski definition) is 2. The highest BCUT2D eigenvalue weighted by Crippen LogP contribution is 2.25. The molecule has 0 aliphatic carbocycles. The summed E-state index contributed by atoms with van der Waals surface area (Å²) < 4.78 is 0. The third kappa shape index (κ3) is 2.94. The van der Waals surface area contributed by atoms with Crippen LogP contribution in [0.3, 0.4) is 0 Å². The van der Waals surface area contributed by atoms with Crippen molar-refractivity contribution in [1.82, 2.24) is 15.2 Å². The van der Waals surface area contributed by atoms with Crippen molar-refractivity contribution in [2.24, 2.45) is 0 Å². The summed E-state index contributed by atoms with van der Waals surface area (Å²) in [7, 11) is 4.03. The maximum Gasteiger partial charge on any atom is 0.267 e. The SMILES string of the molecule is CN(C)C(C)(C)CNC(=O)c1cc2c(ccc3ccccc32)[nH]1. The lowest BCUT2D eigenvalue weighted by atomic mass is 10.0. The monoisotopic (exact) mass is 309 g/mol. The molecule has 0 saturated carbocycles. The Morgan fingerprint density at radius 1 is 1.13 bits per heavy atom. The number of rotatable bonds is 4. The fourth-order valence-electron chi connectivity index (χ4n) is 2.56. The normalized spacial score (nSPS) is 12.2. The van der Waals surface area contributed by atoms with E-state index >= 15 is 0 Å². The van der Waals surface area contributed by atoms with E-state index in [1.807, 2.05) is 38.4 Å². The van der Waals surface area contributed by atoms with Crippen molar-refractivity contribution in [3.63, 3.8) is 0 Å². The molecule has 0 unspecified atom stereocenters. The number of amides is 1. The van der Waals surface area contributed by atoms with Gasteiger partial charge in [0.2, 0.25) is 0 Å². The molecular weight excluding hydrogens is 286 g/mol. The Hall–Kier alpha value is -2.33. The molecule has 0 fully saturated rings. The Morgan fingerprint density at radius 3 is 2.61 bits per heavy atom. The highest BCUT2D eigenvalue weighted by atomic mass is 16.1. The molecule has 2 N–H and O–H groups in total. The van der Waals surface area contributed by atoms with Gasteiger partial charge in [-0.3, -0.25) is 4.79 Å². The van der Waals surface area contributed by atoms with Gasteiger partial charge in [-0.2, -0.15) is 0 Å². The van der Waals surface area contributed by atoms with Crippen LogP contribution in [0.4, 0.5) is 0 Å². The van der Waals surface area contributed by atoms with Crippen LogP contribution in [0.25, 0.3) is 21.7 Å².